The van der Waals surface area contributed by atoms with Crippen molar-refractivity contribution in [2.45, 2.75) is 51.5 Å². The first-order valence-corrected chi connectivity index (χ1v) is 5.78. The van der Waals surface area contributed by atoms with Crippen LogP contribution in [0.1, 0.15) is 45.4 Å². The molecule has 1 heterocycles. The number of carbonyl (C=O) groups is 2. The zero-order valence-electron chi connectivity index (χ0n) is 9.34. The SMILES string of the molecule is CCCCCC(=O)NC1CCC(=O)NC1. The van der Waals surface area contributed by atoms with Crippen molar-refractivity contribution in [1.29, 1.82) is 0 Å². The Labute approximate surface area is 90.8 Å². The van der Waals surface area contributed by atoms with Gasteiger partial charge in [0.25, 0.3) is 0 Å². The van der Waals surface area contributed by atoms with Crippen molar-refractivity contribution in [2.24, 2.45) is 0 Å². The van der Waals surface area contributed by atoms with Crippen LogP contribution in [0.4, 0.5) is 0 Å². The highest BCUT2D eigenvalue weighted by molar-refractivity contribution is 5.78. The second-order valence-corrected chi connectivity index (χ2v) is 4.06. The van der Waals surface area contributed by atoms with E-state index in [1.807, 2.05) is 0 Å². The lowest BCUT2D eigenvalue weighted by Gasteiger charge is -2.23. The average molecular weight is 212 g/mol. The summed E-state index contributed by atoms with van der Waals surface area (Å²) in [6.07, 6.45) is 5.10. The Balaban J connectivity index is 2.12. The molecule has 1 fully saturated rings. The van der Waals surface area contributed by atoms with Crippen LogP contribution in [-0.4, -0.2) is 24.4 Å². The zero-order valence-corrected chi connectivity index (χ0v) is 9.34. The van der Waals surface area contributed by atoms with Gasteiger partial charge >= 0.3 is 0 Å². The number of carbonyl (C=O) groups excluding carboxylic acids is 2. The second-order valence-electron chi connectivity index (χ2n) is 4.06. The van der Waals surface area contributed by atoms with Crippen molar-refractivity contribution in [3.05, 3.63) is 0 Å². The van der Waals surface area contributed by atoms with E-state index in [0.29, 0.717) is 19.4 Å². The molecule has 0 radical (unpaired) electrons. The fourth-order valence-corrected chi connectivity index (χ4v) is 1.69. The molecule has 1 atom stereocenters. The minimum absolute atomic E-state index is 0.0893. The van der Waals surface area contributed by atoms with Gasteiger partial charge in [0.05, 0.1) is 0 Å². The predicted molar refractivity (Wildman–Crippen MR) is 58.3 cm³/mol. The highest BCUT2D eigenvalue weighted by atomic mass is 16.2. The van der Waals surface area contributed by atoms with E-state index in [0.717, 1.165) is 25.7 Å². The molecule has 1 rings (SSSR count). The fraction of sp³-hybridized carbons (Fsp3) is 0.818. The molecule has 4 nitrogen and oxygen atoms in total. The molecular weight excluding hydrogens is 192 g/mol. The van der Waals surface area contributed by atoms with Crippen LogP contribution in [0, 0.1) is 0 Å². The van der Waals surface area contributed by atoms with Crippen LogP contribution in [0.5, 0.6) is 0 Å². The lowest BCUT2D eigenvalue weighted by atomic mass is 10.1. The first-order chi connectivity index (χ1) is 7.22. The average Bonchev–Trinajstić information content (AvgIpc) is 2.22. The van der Waals surface area contributed by atoms with Gasteiger partial charge in [-0.1, -0.05) is 19.8 Å². The molecule has 0 aliphatic carbocycles. The van der Waals surface area contributed by atoms with E-state index in [-0.39, 0.29) is 17.9 Å². The number of rotatable bonds is 5. The highest BCUT2D eigenvalue weighted by Gasteiger charge is 2.18. The molecule has 0 bridgehead atoms. The van der Waals surface area contributed by atoms with Crippen LogP contribution >= 0.6 is 0 Å². The lowest BCUT2D eigenvalue weighted by Crippen LogP contribution is -2.47. The Kier molecular flexibility index (Phi) is 5.15. The Morgan fingerprint density at radius 3 is 2.93 bits per heavy atom. The molecule has 2 amide bonds. The molecule has 1 unspecified atom stereocenters. The number of unbranched alkanes of at least 4 members (excludes halogenated alkanes) is 2. The largest absolute Gasteiger partial charge is 0.354 e. The quantitative estimate of drug-likeness (QED) is 0.667. The van der Waals surface area contributed by atoms with Crippen LogP contribution in [0.3, 0.4) is 0 Å². The van der Waals surface area contributed by atoms with Gasteiger partial charge in [0.2, 0.25) is 11.8 Å². The minimum Gasteiger partial charge on any atom is -0.354 e. The molecule has 0 saturated carbocycles. The van der Waals surface area contributed by atoms with Gasteiger partial charge in [-0.05, 0) is 12.8 Å². The second kappa shape index (κ2) is 6.43. The van der Waals surface area contributed by atoms with Crippen molar-refractivity contribution >= 4 is 11.8 Å². The Morgan fingerprint density at radius 2 is 2.33 bits per heavy atom. The van der Waals surface area contributed by atoms with Gasteiger partial charge in [-0.2, -0.15) is 0 Å². The number of piperidine rings is 1. The predicted octanol–water partition coefficient (Wildman–Crippen LogP) is 0.961. The molecule has 2 N–H and O–H groups in total. The zero-order chi connectivity index (χ0) is 11.1. The summed E-state index contributed by atoms with van der Waals surface area (Å²) < 4.78 is 0. The summed E-state index contributed by atoms with van der Waals surface area (Å²) >= 11 is 0. The summed E-state index contributed by atoms with van der Waals surface area (Å²) in [6.45, 7) is 2.70. The van der Waals surface area contributed by atoms with Crippen LogP contribution in [0.15, 0.2) is 0 Å². The van der Waals surface area contributed by atoms with Crippen LogP contribution in [0.2, 0.25) is 0 Å². The molecular formula is C11H20N2O2. The van der Waals surface area contributed by atoms with E-state index in [9.17, 15) is 9.59 Å². The maximum atomic E-state index is 11.4. The summed E-state index contributed by atoms with van der Waals surface area (Å²) in [6, 6.07) is 0.136. The Bertz CT molecular complexity index is 219. The van der Waals surface area contributed by atoms with Crippen molar-refractivity contribution in [2.75, 3.05) is 6.54 Å². The molecule has 1 aliphatic heterocycles. The van der Waals surface area contributed by atoms with E-state index in [2.05, 4.69) is 17.6 Å². The first-order valence-electron chi connectivity index (χ1n) is 5.78. The number of nitrogens with one attached hydrogen (secondary N) is 2. The molecule has 1 saturated heterocycles. The number of hydrogen-bond acceptors (Lipinski definition) is 2. The number of hydrogen-bond donors (Lipinski definition) is 2. The maximum absolute atomic E-state index is 11.4. The Hall–Kier alpha value is -1.06. The van der Waals surface area contributed by atoms with Crippen LogP contribution in [-0.2, 0) is 9.59 Å². The van der Waals surface area contributed by atoms with Gasteiger partial charge in [-0.25, -0.2) is 0 Å². The third-order valence-electron chi connectivity index (χ3n) is 2.64. The topological polar surface area (TPSA) is 58.2 Å². The molecule has 0 aromatic carbocycles. The third kappa shape index (κ3) is 4.81. The van der Waals surface area contributed by atoms with Crippen LogP contribution < -0.4 is 10.6 Å². The summed E-state index contributed by atoms with van der Waals surface area (Å²) in [5, 5.41) is 5.70. The van der Waals surface area contributed by atoms with Gasteiger partial charge in [0, 0.05) is 25.4 Å². The molecule has 0 aromatic rings. The lowest BCUT2D eigenvalue weighted by molar-refractivity contribution is -0.125. The van der Waals surface area contributed by atoms with E-state index >= 15 is 0 Å². The third-order valence-corrected chi connectivity index (χ3v) is 2.64. The van der Waals surface area contributed by atoms with Gasteiger partial charge in [-0.3, -0.25) is 9.59 Å². The van der Waals surface area contributed by atoms with Crippen LogP contribution in [0.25, 0.3) is 0 Å². The normalized spacial score (nSPS) is 20.9. The smallest absolute Gasteiger partial charge is 0.220 e. The van der Waals surface area contributed by atoms with E-state index < -0.39 is 0 Å². The van der Waals surface area contributed by atoms with E-state index in [1.54, 1.807) is 0 Å². The summed E-state index contributed by atoms with van der Waals surface area (Å²) in [5.41, 5.74) is 0. The minimum atomic E-state index is 0.0893. The van der Waals surface area contributed by atoms with Crippen molar-refractivity contribution in [3.8, 4) is 0 Å². The molecule has 4 heteroatoms. The highest BCUT2D eigenvalue weighted by Crippen LogP contribution is 2.04. The summed E-state index contributed by atoms with van der Waals surface area (Å²) in [4.78, 5) is 22.3. The van der Waals surface area contributed by atoms with Gasteiger partial charge < -0.3 is 10.6 Å². The molecule has 0 aromatic heterocycles. The molecule has 1 aliphatic rings. The van der Waals surface area contributed by atoms with Crippen molar-refractivity contribution in [1.82, 2.24) is 10.6 Å². The summed E-state index contributed by atoms with van der Waals surface area (Å²) in [7, 11) is 0. The monoisotopic (exact) mass is 212 g/mol. The van der Waals surface area contributed by atoms with Gasteiger partial charge in [0.15, 0.2) is 0 Å². The van der Waals surface area contributed by atoms with E-state index in [4.69, 9.17) is 0 Å². The fourth-order valence-electron chi connectivity index (χ4n) is 1.69. The first kappa shape index (κ1) is 12.0. The van der Waals surface area contributed by atoms with E-state index in [1.165, 1.54) is 0 Å². The van der Waals surface area contributed by atoms with Crippen molar-refractivity contribution in [3.63, 3.8) is 0 Å². The standard InChI is InChI=1S/C11H20N2O2/c1-2-3-4-5-11(15)13-9-6-7-10(14)12-8-9/h9H,2-8H2,1H3,(H,12,14)(H,13,15). The van der Waals surface area contributed by atoms with Crippen molar-refractivity contribution < 1.29 is 9.59 Å². The maximum Gasteiger partial charge on any atom is 0.220 e. The number of amides is 2. The molecule has 0 spiro atoms. The summed E-state index contributed by atoms with van der Waals surface area (Å²) in [5.74, 6) is 0.205. The van der Waals surface area contributed by atoms with Gasteiger partial charge in [0.1, 0.15) is 0 Å². The van der Waals surface area contributed by atoms with Gasteiger partial charge in [-0.15, -0.1) is 0 Å². The molecule has 15 heavy (non-hydrogen) atoms. The Morgan fingerprint density at radius 1 is 1.53 bits per heavy atom. The molecule has 86 valence electrons.